The van der Waals surface area contributed by atoms with E-state index in [1.54, 1.807) is 0 Å². The lowest BCUT2D eigenvalue weighted by Gasteiger charge is -2.29. The molecule has 166 valence electrons. The van der Waals surface area contributed by atoms with Crippen LogP contribution in [0.5, 0.6) is 0 Å². The summed E-state index contributed by atoms with van der Waals surface area (Å²) in [5, 5.41) is 8.98. The standard InChI is InChI=1S/C30H41N/c1-23-2-4-24(5-3-23)6-7-25-8-10-26(11-9-25)12-13-27-14-18-29(19-15-27)30-20-16-28(22-31)17-21-30/h6-7,12-13,16-17,20-21,23-27,29H,2-5,8-11,14-15,18-19H2,1H3/b7-6+,13-12+. The molecule has 0 atom stereocenters. The average molecular weight is 416 g/mol. The highest BCUT2D eigenvalue weighted by Gasteiger charge is 2.23. The summed E-state index contributed by atoms with van der Waals surface area (Å²) in [7, 11) is 0. The summed E-state index contributed by atoms with van der Waals surface area (Å²) >= 11 is 0. The molecule has 0 aromatic heterocycles. The molecule has 3 aliphatic carbocycles. The molecule has 3 fully saturated rings. The van der Waals surface area contributed by atoms with Gasteiger partial charge in [-0.05, 0) is 117 Å². The minimum Gasteiger partial charge on any atom is -0.192 e. The van der Waals surface area contributed by atoms with E-state index in [1.807, 2.05) is 12.1 Å². The Balaban J connectivity index is 1.16. The SMILES string of the molecule is CC1CCC(/C=C/C2CCC(/C=C/C3CCC(c4ccc(C#N)cc4)CC3)CC2)CC1. The van der Waals surface area contributed by atoms with E-state index in [2.05, 4.69) is 49.4 Å². The van der Waals surface area contributed by atoms with Gasteiger partial charge in [0.25, 0.3) is 0 Å². The van der Waals surface area contributed by atoms with Crippen LogP contribution >= 0.6 is 0 Å². The topological polar surface area (TPSA) is 23.8 Å². The minimum absolute atomic E-state index is 0.687. The fraction of sp³-hybridized carbons (Fsp3) is 0.633. The van der Waals surface area contributed by atoms with E-state index in [1.165, 1.54) is 82.6 Å². The van der Waals surface area contributed by atoms with Crippen molar-refractivity contribution >= 4 is 0 Å². The fourth-order valence-electron chi connectivity index (χ4n) is 6.11. The molecule has 3 saturated carbocycles. The normalized spacial score (nSPS) is 34.7. The number of allylic oxidation sites excluding steroid dienone is 4. The largest absolute Gasteiger partial charge is 0.192 e. The second-order valence-electron chi connectivity index (χ2n) is 10.8. The number of hydrogen-bond acceptors (Lipinski definition) is 1. The van der Waals surface area contributed by atoms with E-state index in [0.717, 1.165) is 35.2 Å². The van der Waals surface area contributed by atoms with Crippen LogP contribution in [0.2, 0.25) is 0 Å². The monoisotopic (exact) mass is 415 g/mol. The van der Waals surface area contributed by atoms with Crippen molar-refractivity contribution in [3.05, 3.63) is 59.7 Å². The van der Waals surface area contributed by atoms with Gasteiger partial charge in [-0.1, -0.05) is 56.2 Å². The summed E-state index contributed by atoms with van der Waals surface area (Å²) in [5.41, 5.74) is 2.20. The van der Waals surface area contributed by atoms with E-state index < -0.39 is 0 Å². The molecule has 0 unspecified atom stereocenters. The molecule has 1 aromatic rings. The molecule has 3 aliphatic rings. The second-order valence-corrected chi connectivity index (χ2v) is 10.8. The smallest absolute Gasteiger partial charge is 0.0991 e. The summed E-state index contributed by atoms with van der Waals surface area (Å²) in [4.78, 5) is 0. The van der Waals surface area contributed by atoms with Crippen LogP contribution in [-0.4, -0.2) is 0 Å². The average Bonchev–Trinajstić information content (AvgIpc) is 2.83. The molecule has 0 radical (unpaired) electrons. The molecule has 31 heavy (non-hydrogen) atoms. The lowest BCUT2D eigenvalue weighted by molar-refractivity contribution is 0.324. The maximum Gasteiger partial charge on any atom is 0.0991 e. The van der Waals surface area contributed by atoms with Crippen molar-refractivity contribution in [3.63, 3.8) is 0 Å². The first-order chi connectivity index (χ1) is 15.2. The molecule has 4 rings (SSSR count). The van der Waals surface area contributed by atoms with Crippen LogP contribution in [0.4, 0.5) is 0 Å². The number of nitrogens with zero attached hydrogens (tertiary/aromatic N) is 1. The van der Waals surface area contributed by atoms with Crippen LogP contribution in [0.15, 0.2) is 48.6 Å². The third-order valence-electron chi connectivity index (χ3n) is 8.47. The first-order valence-corrected chi connectivity index (χ1v) is 13.1. The zero-order chi connectivity index (χ0) is 21.5. The maximum atomic E-state index is 8.98. The van der Waals surface area contributed by atoms with Crippen molar-refractivity contribution in [2.45, 2.75) is 89.9 Å². The van der Waals surface area contributed by atoms with E-state index >= 15 is 0 Å². The summed E-state index contributed by atoms with van der Waals surface area (Å²) in [6, 6.07) is 10.5. The molecular weight excluding hydrogens is 374 g/mol. The Morgan fingerprint density at radius 2 is 1.00 bits per heavy atom. The van der Waals surface area contributed by atoms with E-state index in [4.69, 9.17) is 5.26 Å². The first kappa shape index (κ1) is 22.4. The van der Waals surface area contributed by atoms with Crippen molar-refractivity contribution in [2.24, 2.45) is 29.6 Å². The number of hydrogen-bond donors (Lipinski definition) is 0. The molecule has 1 nitrogen and oxygen atoms in total. The van der Waals surface area contributed by atoms with Gasteiger partial charge >= 0.3 is 0 Å². The highest BCUT2D eigenvalue weighted by molar-refractivity contribution is 5.33. The lowest BCUT2D eigenvalue weighted by Crippen LogP contribution is -2.14. The van der Waals surface area contributed by atoms with Gasteiger partial charge in [0, 0.05) is 0 Å². The molecule has 1 aromatic carbocycles. The molecule has 0 aliphatic heterocycles. The molecular formula is C30H41N. The molecule has 0 spiro atoms. The quantitative estimate of drug-likeness (QED) is 0.442. The highest BCUT2D eigenvalue weighted by atomic mass is 14.3. The predicted molar refractivity (Wildman–Crippen MR) is 131 cm³/mol. The predicted octanol–water partition coefficient (Wildman–Crippen LogP) is 8.58. The Labute approximate surface area is 190 Å². The van der Waals surface area contributed by atoms with Crippen LogP contribution in [0.3, 0.4) is 0 Å². The number of benzene rings is 1. The third-order valence-corrected chi connectivity index (χ3v) is 8.47. The van der Waals surface area contributed by atoms with Crippen LogP contribution in [0.25, 0.3) is 0 Å². The third kappa shape index (κ3) is 6.58. The Hall–Kier alpha value is -1.81. The van der Waals surface area contributed by atoms with Crippen molar-refractivity contribution in [2.75, 3.05) is 0 Å². The van der Waals surface area contributed by atoms with E-state index in [9.17, 15) is 0 Å². The Morgan fingerprint density at radius 3 is 1.42 bits per heavy atom. The van der Waals surface area contributed by atoms with Crippen molar-refractivity contribution in [1.29, 1.82) is 5.26 Å². The van der Waals surface area contributed by atoms with Gasteiger partial charge in [0.1, 0.15) is 0 Å². The van der Waals surface area contributed by atoms with Gasteiger partial charge in [0.05, 0.1) is 11.6 Å². The van der Waals surface area contributed by atoms with Crippen LogP contribution in [-0.2, 0) is 0 Å². The number of rotatable bonds is 5. The van der Waals surface area contributed by atoms with Gasteiger partial charge in [-0.2, -0.15) is 5.26 Å². The molecule has 0 heterocycles. The Bertz CT molecular complexity index is 756. The Morgan fingerprint density at radius 1 is 0.613 bits per heavy atom. The second kappa shape index (κ2) is 11.2. The molecule has 0 N–H and O–H groups in total. The zero-order valence-corrected chi connectivity index (χ0v) is 19.5. The van der Waals surface area contributed by atoms with Crippen molar-refractivity contribution in [1.82, 2.24) is 0 Å². The summed E-state index contributed by atoms with van der Waals surface area (Å²) in [6.45, 7) is 2.41. The fourth-order valence-corrected chi connectivity index (χ4v) is 6.11. The lowest BCUT2D eigenvalue weighted by atomic mass is 9.77. The van der Waals surface area contributed by atoms with Crippen molar-refractivity contribution < 1.29 is 0 Å². The van der Waals surface area contributed by atoms with Gasteiger partial charge in [-0.3, -0.25) is 0 Å². The van der Waals surface area contributed by atoms with Gasteiger partial charge in [0.2, 0.25) is 0 Å². The molecule has 0 amide bonds. The van der Waals surface area contributed by atoms with E-state index in [0.29, 0.717) is 5.92 Å². The number of nitriles is 1. The van der Waals surface area contributed by atoms with Crippen LogP contribution in [0.1, 0.15) is 101 Å². The molecule has 1 heteroatoms. The molecule has 0 saturated heterocycles. The van der Waals surface area contributed by atoms with Crippen molar-refractivity contribution in [3.8, 4) is 6.07 Å². The first-order valence-electron chi connectivity index (χ1n) is 13.1. The minimum atomic E-state index is 0.687. The highest BCUT2D eigenvalue weighted by Crippen LogP contribution is 2.38. The maximum absolute atomic E-state index is 8.98. The van der Waals surface area contributed by atoms with Gasteiger partial charge in [-0.25, -0.2) is 0 Å². The summed E-state index contributed by atoms with van der Waals surface area (Å²) in [6.07, 6.45) is 26.8. The van der Waals surface area contributed by atoms with Gasteiger partial charge in [-0.15, -0.1) is 0 Å². The van der Waals surface area contributed by atoms with Gasteiger partial charge in [0.15, 0.2) is 0 Å². The van der Waals surface area contributed by atoms with Gasteiger partial charge < -0.3 is 0 Å². The van der Waals surface area contributed by atoms with Crippen LogP contribution in [0, 0.1) is 40.9 Å². The van der Waals surface area contributed by atoms with E-state index in [-0.39, 0.29) is 0 Å². The van der Waals surface area contributed by atoms with Crippen LogP contribution < -0.4 is 0 Å². The Kier molecular flexibility index (Phi) is 8.07. The summed E-state index contributed by atoms with van der Waals surface area (Å²) < 4.78 is 0. The summed E-state index contributed by atoms with van der Waals surface area (Å²) in [5.74, 6) is 4.95. The zero-order valence-electron chi connectivity index (χ0n) is 19.5. The molecule has 0 bridgehead atoms.